The Balaban J connectivity index is 0.000000878. The highest BCUT2D eigenvalue weighted by Gasteiger charge is 2.36. The lowest BCUT2D eigenvalue weighted by atomic mass is 9.75. The number of carboxylic acid groups (broad SMARTS) is 1. The molecule has 2 aromatic carbocycles. The van der Waals surface area contributed by atoms with Crippen molar-refractivity contribution in [2.75, 3.05) is 5.73 Å². The second-order valence-electron chi connectivity index (χ2n) is 5.71. The quantitative estimate of drug-likeness (QED) is 0.384. The standard InChI is InChI=1S/C16H13BF3N3O2.CH2O2/c1-8-12-6-9(2-4-11(12)15(21)23-22-8)10-3-5-13(16(18,19)20)14(7-10)17(24)25;2-1-3/h2-7,24-25H,1H3,(H2,21,23);1H,(H,2,3). The van der Waals surface area contributed by atoms with Crippen molar-refractivity contribution in [3.8, 4) is 11.1 Å². The number of hydrogen-bond donors (Lipinski definition) is 4. The molecule has 0 saturated heterocycles. The molecule has 0 bridgehead atoms. The molecule has 28 heavy (non-hydrogen) atoms. The zero-order valence-electron chi connectivity index (χ0n) is 14.5. The largest absolute Gasteiger partial charge is 0.489 e. The molecule has 0 aliphatic carbocycles. The molecule has 0 spiro atoms. The number of nitrogens with two attached hydrogens (primary N) is 1. The van der Waals surface area contributed by atoms with E-state index < -0.39 is 24.3 Å². The summed E-state index contributed by atoms with van der Waals surface area (Å²) in [5.41, 5.74) is 5.72. The first-order valence-electron chi connectivity index (χ1n) is 7.78. The number of alkyl halides is 3. The Kier molecular flexibility index (Phi) is 6.21. The van der Waals surface area contributed by atoms with Crippen LogP contribution in [-0.4, -0.2) is 38.9 Å². The van der Waals surface area contributed by atoms with Gasteiger partial charge in [0.25, 0.3) is 6.47 Å². The number of aromatic nitrogens is 2. The molecule has 0 aliphatic rings. The van der Waals surface area contributed by atoms with Gasteiger partial charge < -0.3 is 20.9 Å². The van der Waals surface area contributed by atoms with Gasteiger partial charge in [-0.2, -0.15) is 18.3 Å². The van der Waals surface area contributed by atoms with E-state index in [1.54, 1.807) is 25.1 Å². The van der Waals surface area contributed by atoms with Crippen molar-refractivity contribution in [1.82, 2.24) is 10.2 Å². The van der Waals surface area contributed by atoms with Crippen LogP contribution in [0.25, 0.3) is 21.9 Å². The summed E-state index contributed by atoms with van der Waals surface area (Å²) in [5, 5.41) is 34.7. The van der Waals surface area contributed by atoms with Gasteiger partial charge in [-0.25, -0.2) is 0 Å². The molecule has 146 valence electrons. The molecule has 0 saturated carbocycles. The van der Waals surface area contributed by atoms with Gasteiger partial charge in [-0.05, 0) is 41.7 Å². The number of hydrogen-bond acceptors (Lipinski definition) is 6. The van der Waals surface area contributed by atoms with Crippen LogP contribution in [0.1, 0.15) is 11.3 Å². The summed E-state index contributed by atoms with van der Waals surface area (Å²) < 4.78 is 39.0. The van der Waals surface area contributed by atoms with E-state index >= 15 is 0 Å². The molecule has 0 radical (unpaired) electrons. The fraction of sp³-hybridized carbons (Fsp3) is 0.118. The maximum absolute atomic E-state index is 13.0. The maximum atomic E-state index is 13.0. The minimum atomic E-state index is -4.68. The van der Waals surface area contributed by atoms with Crippen molar-refractivity contribution in [1.29, 1.82) is 0 Å². The Labute approximate surface area is 157 Å². The van der Waals surface area contributed by atoms with Gasteiger partial charge in [-0.1, -0.05) is 18.2 Å². The average Bonchev–Trinajstić information content (AvgIpc) is 2.64. The fourth-order valence-corrected chi connectivity index (χ4v) is 2.70. The van der Waals surface area contributed by atoms with Crippen LogP contribution >= 0.6 is 0 Å². The van der Waals surface area contributed by atoms with Crippen molar-refractivity contribution in [2.24, 2.45) is 0 Å². The van der Waals surface area contributed by atoms with E-state index in [0.717, 1.165) is 17.5 Å². The van der Waals surface area contributed by atoms with Crippen LogP contribution in [-0.2, 0) is 11.0 Å². The third-order valence-electron chi connectivity index (χ3n) is 3.96. The van der Waals surface area contributed by atoms with Gasteiger partial charge in [0, 0.05) is 10.8 Å². The first kappa shape index (κ1) is 21.1. The smallest absolute Gasteiger partial charge is 0.483 e. The highest BCUT2D eigenvalue weighted by Crippen LogP contribution is 2.31. The molecule has 0 aliphatic heterocycles. The third-order valence-corrected chi connectivity index (χ3v) is 3.96. The van der Waals surface area contributed by atoms with E-state index in [2.05, 4.69) is 10.2 Å². The van der Waals surface area contributed by atoms with Crippen molar-refractivity contribution >= 4 is 35.6 Å². The number of nitrogen functional groups attached to an aromatic ring is 1. The van der Waals surface area contributed by atoms with Crippen LogP contribution in [0.4, 0.5) is 19.0 Å². The van der Waals surface area contributed by atoms with Crippen molar-refractivity contribution in [3.63, 3.8) is 0 Å². The zero-order valence-corrected chi connectivity index (χ0v) is 14.5. The van der Waals surface area contributed by atoms with Crippen molar-refractivity contribution < 1.29 is 33.1 Å². The van der Waals surface area contributed by atoms with Gasteiger partial charge >= 0.3 is 13.3 Å². The van der Waals surface area contributed by atoms with Crippen LogP contribution in [0.3, 0.4) is 0 Å². The second kappa shape index (κ2) is 8.23. The molecule has 0 amide bonds. The number of carbonyl (C=O) groups is 1. The Morgan fingerprint density at radius 3 is 2.18 bits per heavy atom. The number of aryl methyl sites for hydroxylation is 1. The highest BCUT2D eigenvalue weighted by atomic mass is 19.4. The normalized spacial score (nSPS) is 10.9. The van der Waals surface area contributed by atoms with Crippen LogP contribution in [0.2, 0.25) is 0 Å². The lowest BCUT2D eigenvalue weighted by Crippen LogP contribution is -2.36. The van der Waals surface area contributed by atoms with Gasteiger partial charge in [0.15, 0.2) is 5.82 Å². The summed E-state index contributed by atoms with van der Waals surface area (Å²) in [7, 11) is -2.24. The molecular formula is C17H15BF3N3O4. The van der Waals surface area contributed by atoms with E-state index in [0.29, 0.717) is 22.2 Å². The fourth-order valence-electron chi connectivity index (χ4n) is 2.70. The molecule has 11 heteroatoms. The van der Waals surface area contributed by atoms with E-state index in [4.69, 9.17) is 15.6 Å². The Hall–Kier alpha value is -3.18. The van der Waals surface area contributed by atoms with Crippen LogP contribution < -0.4 is 11.2 Å². The van der Waals surface area contributed by atoms with E-state index in [1.165, 1.54) is 6.07 Å². The Bertz CT molecular complexity index is 1010. The highest BCUT2D eigenvalue weighted by molar-refractivity contribution is 6.59. The molecule has 7 nitrogen and oxygen atoms in total. The molecule has 1 aromatic heterocycles. The lowest BCUT2D eigenvalue weighted by Gasteiger charge is -2.14. The molecule has 0 fully saturated rings. The van der Waals surface area contributed by atoms with E-state index in [1.807, 2.05) is 0 Å². The summed E-state index contributed by atoms with van der Waals surface area (Å²) >= 11 is 0. The van der Waals surface area contributed by atoms with Crippen LogP contribution in [0.5, 0.6) is 0 Å². The van der Waals surface area contributed by atoms with Gasteiger partial charge in [0.05, 0.1) is 11.3 Å². The number of nitrogens with zero attached hydrogens (tertiary/aromatic N) is 2. The third kappa shape index (κ3) is 4.38. The Morgan fingerprint density at radius 2 is 1.61 bits per heavy atom. The maximum Gasteiger partial charge on any atom is 0.489 e. The SMILES string of the molecule is Cc1nnc(N)c2ccc(-c3ccc(C(F)(F)F)c(B(O)O)c3)cc12.O=CO. The number of anilines is 1. The zero-order chi connectivity index (χ0) is 21.1. The minimum Gasteiger partial charge on any atom is -0.483 e. The first-order chi connectivity index (χ1) is 13.1. The Morgan fingerprint density at radius 1 is 1.04 bits per heavy atom. The summed E-state index contributed by atoms with van der Waals surface area (Å²) in [4.78, 5) is 8.36. The molecule has 0 atom stereocenters. The average molecular weight is 393 g/mol. The number of halogens is 3. The first-order valence-corrected chi connectivity index (χ1v) is 7.78. The number of fused-ring (bicyclic) bond motifs is 1. The molecule has 3 aromatic rings. The number of benzene rings is 2. The van der Waals surface area contributed by atoms with Crippen LogP contribution in [0.15, 0.2) is 36.4 Å². The number of rotatable bonds is 2. The summed E-state index contributed by atoms with van der Waals surface area (Å²) in [5.74, 6) is 0.256. The molecular weight excluding hydrogens is 378 g/mol. The van der Waals surface area contributed by atoms with Crippen molar-refractivity contribution in [3.05, 3.63) is 47.7 Å². The minimum absolute atomic E-state index is 0.250. The summed E-state index contributed by atoms with van der Waals surface area (Å²) in [6.07, 6.45) is -4.68. The molecule has 5 N–H and O–H groups in total. The topological polar surface area (TPSA) is 130 Å². The van der Waals surface area contributed by atoms with Crippen LogP contribution in [0, 0.1) is 6.92 Å². The van der Waals surface area contributed by atoms with E-state index in [-0.39, 0.29) is 12.3 Å². The van der Waals surface area contributed by atoms with Gasteiger partial charge in [-0.15, -0.1) is 5.10 Å². The monoisotopic (exact) mass is 393 g/mol. The van der Waals surface area contributed by atoms with Crippen molar-refractivity contribution in [2.45, 2.75) is 13.1 Å². The lowest BCUT2D eigenvalue weighted by molar-refractivity contribution is -0.136. The van der Waals surface area contributed by atoms with Gasteiger partial charge in [0.1, 0.15) is 0 Å². The second-order valence-corrected chi connectivity index (χ2v) is 5.71. The summed E-state index contributed by atoms with van der Waals surface area (Å²) in [6.45, 7) is 1.49. The molecule has 1 heterocycles. The predicted molar refractivity (Wildman–Crippen MR) is 97.6 cm³/mol. The predicted octanol–water partition coefficient (Wildman–Crippen LogP) is 1.59. The molecule has 0 unspecified atom stereocenters. The molecule has 3 rings (SSSR count). The summed E-state index contributed by atoms with van der Waals surface area (Å²) in [6, 6.07) is 8.33. The van der Waals surface area contributed by atoms with Gasteiger partial charge in [0.2, 0.25) is 0 Å². The van der Waals surface area contributed by atoms with E-state index in [9.17, 15) is 23.2 Å². The van der Waals surface area contributed by atoms with Gasteiger partial charge in [-0.3, -0.25) is 4.79 Å².